The summed E-state index contributed by atoms with van der Waals surface area (Å²) in [5, 5.41) is 6.75. The molecule has 6 heteroatoms. The van der Waals surface area contributed by atoms with Crippen LogP contribution in [0.4, 0.5) is 10.5 Å². The van der Waals surface area contributed by atoms with Gasteiger partial charge in [-0.15, -0.1) is 0 Å². The lowest BCUT2D eigenvalue weighted by Gasteiger charge is -2.18. The highest BCUT2D eigenvalue weighted by Crippen LogP contribution is 2.24. The molecule has 0 aliphatic carbocycles. The van der Waals surface area contributed by atoms with Gasteiger partial charge in [-0.3, -0.25) is 0 Å². The van der Waals surface area contributed by atoms with Crippen molar-refractivity contribution in [3.63, 3.8) is 0 Å². The number of hydrogen-bond acceptors (Lipinski definition) is 4. The van der Waals surface area contributed by atoms with Gasteiger partial charge in [-0.05, 0) is 25.0 Å². The molecule has 0 unspecified atom stereocenters. The first-order chi connectivity index (χ1) is 11.0. The molecule has 124 valence electrons. The molecule has 0 radical (unpaired) electrons. The number of aromatic nitrogens is 1. The molecule has 2 aromatic rings. The van der Waals surface area contributed by atoms with Crippen LogP contribution in [0.2, 0.25) is 0 Å². The number of para-hydroxylation sites is 2. The summed E-state index contributed by atoms with van der Waals surface area (Å²) < 4.78 is 10.7. The summed E-state index contributed by atoms with van der Waals surface area (Å²) in [7, 11) is 1.71. The highest BCUT2D eigenvalue weighted by atomic mass is 16.5. The topological polar surface area (TPSA) is 67.6 Å². The van der Waals surface area contributed by atoms with Crippen molar-refractivity contribution < 1.29 is 14.1 Å². The number of urea groups is 1. The van der Waals surface area contributed by atoms with Gasteiger partial charge in [0.2, 0.25) is 0 Å². The third-order valence-corrected chi connectivity index (χ3v) is 3.12. The lowest BCUT2D eigenvalue weighted by Crippen LogP contribution is -2.31. The second kappa shape index (κ2) is 7.67. The molecule has 0 bridgehead atoms. The smallest absolute Gasteiger partial charge is 0.322 e. The van der Waals surface area contributed by atoms with Gasteiger partial charge in [0.15, 0.2) is 0 Å². The van der Waals surface area contributed by atoms with Crippen LogP contribution in [0.3, 0.4) is 0 Å². The first-order valence-electron chi connectivity index (χ1n) is 7.62. The number of carbonyl (C=O) groups excluding carboxylic acids is 1. The Labute approximate surface area is 136 Å². The number of amides is 2. The van der Waals surface area contributed by atoms with Crippen LogP contribution in [-0.4, -0.2) is 29.7 Å². The number of anilines is 1. The second-order valence-corrected chi connectivity index (χ2v) is 5.92. The molecule has 1 aromatic carbocycles. The maximum atomic E-state index is 12.3. The van der Waals surface area contributed by atoms with E-state index in [2.05, 4.69) is 24.3 Å². The highest BCUT2D eigenvalue weighted by molar-refractivity contribution is 5.90. The van der Waals surface area contributed by atoms with E-state index in [4.69, 9.17) is 9.26 Å². The molecule has 0 atom stereocenters. The van der Waals surface area contributed by atoms with Gasteiger partial charge in [0, 0.05) is 13.1 Å². The molecule has 2 amide bonds. The van der Waals surface area contributed by atoms with Crippen molar-refractivity contribution in [1.29, 1.82) is 0 Å². The second-order valence-electron chi connectivity index (χ2n) is 5.92. The number of ether oxygens (including phenoxy) is 1. The predicted octanol–water partition coefficient (Wildman–Crippen LogP) is 3.68. The van der Waals surface area contributed by atoms with Gasteiger partial charge in [-0.2, -0.15) is 0 Å². The monoisotopic (exact) mass is 317 g/mol. The highest BCUT2D eigenvalue weighted by Gasteiger charge is 2.14. The number of hydrogen-bond donors (Lipinski definition) is 1. The molecular formula is C17H23N3O3. The molecule has 2 rings (SSSR count). The van der Waals surface area contributed by atoms with Crippen molar-refractivity contribution in [1.82, 2.24) is 10.1 Å². The van der Waals surface area contributed by atoms with E-state index in [1.165, 1.54) is 4.90 Å². The average molecular weight is 317 g/mol. The van der Waals surface area contributed by atoms with Gasteiger partial charge in [0.05, 0.1) is 18.8 Å². The third kappa shape index (κ3) is 5.02. The van der Waals surface area contributed by atoms with Crippen molar-refractivity contribution >= 4 is 11.7 Å². The number of benzene rings is 1. The molecule has 0 aliphatic rings. The summed E-state index contributed by atoms with van der Waals surface area (Å²) in [6, 6.07) is 8.99. The third-order valence-electron chi connectivity index (χ3n) is 3.12. The van der Waals surface area contributed by atoms with Gasteiger partial charge in [-0.1, -0.05) is 31.1 Å². The first-order valence-corrected chi connectivity index (χ1v) is 7.62. The van der Waals surface area contributed by atoms with Crippen molar-refractivity contribution in [2.45, 2.75) is 27.3 Å². The summed E-state index contributed by atoms with van der Waals surface area (Å²) in [6.45, 7) is 6.95. The summed E-state index contributed by atoms with van der Waals surface area (Å²) in [5.41, 5.74) is 1.37. The van der Waals surface area contributed by atoms with Crippen LogP contribution < -0.4 is 10.1 Å². The normalized spacial score (nSPS) is 10.7. The Kier molecular flexibility index (Phi) is 5.62. The minimum Gasteiger partial charge on any atom is -0.491 e. The van der Waals surface area contributed by atoms with E-state index in [1.807, 2.05) is 37.3 Å². The first kappa shape index (κ1) is 16.9. The van der Waals surface area contributed by atoms with E-state index in [0.29, 0.717) is 36.2 Å². The number of rotatable bonds is 6. The van der Waals surface area contributed by atoms with Gasteiger partial charge in [-0.25, -0.2) is 4.79 Å². The summed E-state index contributed by atoms with van der Waals surface area (Å²) in [6.07, 6.45) is 0. The lowest BCUT2D eigenvalue weighted by atomic mass is 10.2. The minimum atomic E-state index is -0.230. The van der Waals surface area contributed by atoms with E-state index in [0.717, 1.165) is 5.76 Å². The molecule has 0 fully saturated rings. The van der Waals surface area contributed by atoms with Crippen LogP contribution in [-0.2, 0) is 6.54 Å². The van der Waals surface area contributed by atoms with E-state index in [9.17, 15) is 4.79 Å². The molecule has 0 aliphatic heterocycles. The lowest BCUT2D eigenvalue weighted by molar-refractivity contribution is 0.219. The summed E-state index contributed by atoms with van der Waals surface area (Å²) in [5.74, 6) is 1.80. The van der Waals surface area contributed by atoms with E-state index in [1.54, 1.807) is 7.05 Å². The Bertz CT molecular complexity index is 652. The number of nitrogens with zero attached hydrogens (tertiary/aromatic N) is 2. The van der Waals surface area contributed by atoms with Crippen LogP contribution in [0.25, 0.3) is 0 Å². The van der Waals surface area contributed by atoms with Crippen molar-refractivity contribution in [3.05, 3.63) is 41.8 Å². The van der Waals surface area contributed by atoms with Crippen molar-refractivity contribution in [2.75, 3.05) is 19.0 Å². The predicted molar refractivity (Wildman–Crippen MR) is 88.5 cm³/mol. The molecule has 0 spiro atoms. The molecule has 0 saturated carbocycles. The molecule has 1 aromatic heterocycles. The minimum absolute atomic E-state index is 0.230. The number of aryl methyl sites for hydroxylation is 1. The van der Waals surface area contributed by atoms with Crippen LogP contribution in [0.15, 0.2) is 34.9 Å². The van der Waals surface area contributed by atoms with Crippen LogP contribution in [0.1, 0.15) is 25.3 Å². The zero-order chi connectivity index (χ0) is 16.8. The maximum absolute atomic E-state index is 12.3. The zero-order valence-corrected chi connectivity index (χ0v) is 14.0. The quantitative estimate of drug-likeness (QED) is 0.882. The van der Waals surface area contributed by atoms with Gasteiger partial charge < -0.3 is 19.5 Å². The molecule has 1 N–H and O–H groups in total. The van der Waals surface area contributed by atoms with Crippen LogP contribution >= 0.6 is 0 Å². The largest absolute Gasteiger partial charge is 0.491 e. The molecule has 6 nitrogen and oxygen atoms in total. The zero-order valence-electron chi connectivity index (χ0n) is 14.0. The fourth-order valence-electron chi connectivity index (χ4n) is 1.97. The molecular weight excluding hydrogens is 294 g/mol. The number of nitrogens with one attached hydrogen (secondary N) is 1. The Balaban J connectivity index is 1.99. The van der Waals surface area contributed by atoms with Gasteiger partial charge in [0.25, 0.3) is 0 Å². The van der Waals surface area contributed by atoms with E-state index in [-0.39, 0.29) is 6.03 Å². The Hall–Kier alpha value is -2.50. The Morgan fingerprint density at radius 3 is 2.78 bits per heavy atom. The van der Waals surface area contributed by atoms with Gasteiger partial charge >= 0.3 is 6.03 Å². The van der Waals surface area contributed by atoms with E-state index < -0.39 is 0 Å². The van der Waals surface area contributed by atoms with Gasteiger partial charge in [0.1, 0.15) is 17.2 Å². The Morgan fingerprint density at radius 1 is 1.39 bits per heavy atom. The maximum Gasteiger partial charge on any atom is 0.322 e. The number of carbonyl (C=O) groups is 1. The molecule has 1 heterocycles. The molecule has 23 heavy (non-hydrogen) atoms. The summed E-state index contributed by atoms with van der Waals surface area (Å²) >= 11 is 0. The SMILES string of the molecule is Cc1cc(CN(C)C(=O)Nc2ccccc2OCC(C)C)no1. The summed E-state index contributed by atoms with van der Waals surface area (Å²) in [4.78, 5) is 13.9. The van der Waals surface area contributed by atoms with Crippen molar-refractivity contribution in [3.8, 4) is 5.75 Å². The fourth-order valence-corrected chi connectivity index (χ4v) is 1.97. The fraction of sp³-hybridized carbons (Fsp3) is 0.412. The standard InChI is InChI=1S/C17H23N3O3/c1-12(2)11-22-16-8-6-5-7-15(16)18-17(21)20(4)10-14-9-13(3)23-19-14/h5-9,12H,10-11H2,1-4H3,(H,18,21). The average Bonchev–Trinajstić information content (AvgIpc) is 2.91. The Morgan fingerprint density at radius 2 is 2.13 bits per heavy atom. The van der Waals surface area contributed by atoms with Crippen LogP contribution in [0.5, 0.6) is 5.75 Å². The van der Waals surface area contributed by atoms with E-state index >= 15 is 0 Å². The van der Waals surface area contributed by atoms with Crippen LogP contribution in [0, 0.1) is 12.8 Å². The molecule has 0 saturated heterocycles. The van der Waals surface area contributed by atoms with Crippen molar-refractivity contribution in [2.24, 2.45) is 5.92 Å².